The molecule has 1 saturated heterocycles. The van der Waals surface area contributed by atoms with Gasteiger partial charge in [-0.15, -0.1) is 11.3 Å². The van der Waals surface area contributed by atoms with E-state index < -0.39 is 10.0 Å². The van der Waals surface area contributed by atoms with E-state index in [2.05, 4.69) is 4.98 Å². The van der Waals surface area contributed by atoms with Gasteiger partial charge in [0, 0.05) is 37.1 Å². The molecule has 1 aliphatic heterocycles. The lowest BCUT2D eigenvalue weighted by Crippen LogP contribution is -2.51. The third kappa shape index (κ3) is 4.90. The van der Waals surface area contributed by atoms with Crippen LogP contribution in [0.3, 0.4) is 0 Å². The largest absolute Gasteiger partial charge is 0.497 e. The summed E-state index contributed by atoms with van der Waals surface area (Å²) in [5.41, 5.74) is 1.76. The predicted octanol–water partition coefficient (Wildman–Crippen LogP) is 2.77. The quantitative estimate of drug-likeness (QED) is 0.535. The molecule has 0 atom stereocenters. The number of nitrogens with zero attached hydrogens (tertiary/aromatic N) is 4. The Balaban J connectivity index is 1.37. The van der Waals surface area contributed by atoms with E-state index in [9.17, 15) is 18.5 Å². The summed E-state index contributed by atoms with van der Waals surface area (Å²) in [5, 5.41) is 11.9. The van der Waals surface area contributed by atoms with E-state index in [0.29, 0.717) is 18.8 Å². The zero-order chi connectivity index (χ0) is 23.4. The van der Waals surface area contributed by atoms with Crippen LogP contribution in [0.5, 0.6) is 5.75 Å². The number of methoxy groups -OCH3 is 1. The number of carbonyl (C=O) groups is 1. The Morgan fingerprint density at radius 1 is 1.12 bits per heavy atom. The predicted molar refractivity (Wildman–Crippen MR) is 124 cm³/mol. The van der Waals surface area contributed by atoms with Gasteiger partial charge in [-0.2, -0.15) is 9.57 Å². The van der Waals surface area contributed by atoms with Gasteiger partial charge in [-0.3, -0.25) is 4.79 Å². The van der Waals surface area contributed by atoms with Crippen LogP contribution in [-0.2, 0) is 21.2 Å². The van der Waals surface area contributed by atoms with Crippen LogP contribution in [0.2, 0.25) is 0 Å². The molecule has 170 valence electrons. The average Bonchev–Trinajstić information content (AvgIpc) is 3.32. The van der Waals surface area contributed by atoms with E-state index in [1.54, 1.807) is 24.1 Å². The van der Waals surface area contributed by atoms with Gasteiger partial charge in [-0.1, -0.05) is 12.1 Å². The molecule has 2 heterocycles. The van der Waals surface area contributed by atoms with Crippen LogP contribution >= 0.6 is 11.3 Å². The fourth-order valence-electron chi connectivity index (χ4n) is 3.62. The van der Waals surface area contributed by atoms with Crippen LogP contribution < -0.4 is 4.74 Å². The van der Waals surface area contributed by atoms with Crippen molar-refractivity contribution in [1.29, 1.82) is 5.26 Å². The van der Waals surface area contributed by atoms with Gasteiger partial charge in [-0.05, 0) is 36.4 Å². The highest BCUT2D eigenvalue weighted by atomic mass is 32.2. The molecule has 0 N–H and O–H groups in total. The molecule has 8 nitrogen and oxygen atoms in total. The Hall–Kier alpha value is -3.26. The topological polar surface area (TPSA) is 104 Å². The van der Waals surface area contributed by atoms with Gasteiger partial charge in [0.25, 0.3) is 0 Å². The summed E-state index contributed by atoms with van der Waals surface area (Å²) in [4.78, 5) is 19.0. The fraction of sp³-hybridized carbons (Fsp3) is 0.261. The van der Waals surface area contributed by atoms with Crippen molar-refractivity contribution in [3.05, 3.63) is 65.2 Å². The highest BCUT2D eigenvalue weighted by Crippen LogP contribution is 2.26. The van der Waals surface area contributed by atoms with E-state index in [-0.39, 0.29) is 35.9 Å². The van der Waals surface area contributed by atoms with E-state index in [4.69, 9.17) is 4.74 Å². The van der Waals surface area contributed by atoms with Crippen molar-refractivity contribution in [2.24, 2.45) is 0 Å². The minimum Gasteiger partial charge on any atom is -0.497 e. The SMILES string of the molecule is COc1ccc(-c2nc(CC(=O)N3CCN(S(=O)(=O)c4ccccc4C#N)CC3)cs2)cc1. The van der Waals surface area contributed by atoms with E-state index in [1.807, 2.05) is 35.7 Å². The Morgan fingerprint density at radius 3 is 2.48 bits per heavy atom. The minimum absolute atomic E-state index is 0.000751. The molecule has 0 spiro atoms. The Kier molecular flexibility index (Phi) is 6.74. The number of sulfonamides is 1. The molecule has 10 heteroatoms. The van der Waals surface area contributed by atoms with Crippen molar-refractivity contribution in [1.82, 2.24) is 14.2 Å². The van der Waals surface area contributed by atoms with Crippen molar-refractivity contribution in [2.75, 3.05) is 33.3 Å². The molecule has 1 amide bonds. The maximum atomic E-state index is 13.0. The molecule has 4 rings (SSSR count). The number of ether oxygens (including phenoxy) is 1. The number of piperazine rings is 1. The summed E-state index contributed by atoms with van der Waals surface area (Å²) in [5.74, 6) is 0.680. The number of rotatable bonds is 6. The van der Waals surface area contributed by atoms with E-state index >= 15 is 0 Å². The maximum Gasteiger partial charge on any atom is 0.244 e. The molecule has 33 heavy (non-hydrogen) atoms. The van der Waals surface area contributed by atoms with Gasteiger partial charge >= 0.3 is 0 Å². The molecule has 2 aromatic carbocycles. The molecule has 1 aromatic heterocycles. The Labute approximate surface area is 196 Å². The maximum absolute atomic E-state index is 13.0. The van der Waals surface area contributed by atoms with Crippen LogP contribution in [0.15, 0.2) is 58.8 Å². The Morgan fingerprint density at radius 2 is 1.82 bits per heavy atom. The first-order chi connectivity index (χ1) is 15.9. The summed E-state index contributed by atoms with van der Waals surface area (Å²) >= 11 is 1.47. The number of hydrogen-bond acceptors (Lipinski definition) is 7. The second-order valence-electron chi connectivity index (χ2n) is 7.44. The first-order valence-electron chi connectivity index (χ1n) is 10.3. The zero-order valence-electron chi connectivity index (χ0n) is 18.0. The molecule has 0 unspecified atom stereocenters. The number of carbonyl (C=O) groups excluding carboxylic acids is 1. The number of nitriles is 1. The van der Waals surface area contributed by atoms with Crippen LogP contribution in [0.4, 0.5) is 0 Å². The summed E-state index contributed by atoms with van der Waals surface area (Å²) < 4.78 is 32.4. The van der Waals surface area contributed by atoms with Crippen molar-refractivity contribution < 1.29 is 17.9 Å². The molecule has 0 aliphatic carbocycles. The van der Waals surface area contributed by atoms with E-state index in [0.717, 1.165) is 16.3 Å². The number of amides is 1. The molecular weight excluding hydrogens is 460 g/mol. The van der Waals surface area contributed by atoms with Crippen LogP contribution in [0, 0.1) is 11.3 Å². The van der Waals surface area contributed by atoms with Gasteiger partial charge in [0.2, 0.25) is 15.9 Å². The summed E-state index contributed by atoms with van der Waals surface area (Å²) in [7, 11) is -2.18. The second-order valence-corrected chi connectivity index (χ2v) is 10.2. The molecule has 1 fully saturated rings. The van der Waals surface area contributed by atoms with Gasteiger partial charge in [0.15, 0.2) is 0 Å². The van der Waals surface area contributed by atoms with Crippen molar-refractivity contribution in [2.45, 2.75) is 11.3 Å². The third-order valence-corrected chi connectivity index (χ3v) is 8.33. The van der Waals surface area contributed by atoms with Crippen LogP contribution in [-0.4, -0.2) is 61.8 Å². The average molecular weight is 483 g/mol. The highest BCUT2D eigenvalue weighted by molar-refractivity contribution is 7.89. The van der Waals surface area contributed by atoms with Crippen LogP contribution in [0.25, 0.3) is 10.6 Å². The first kappa shape index (κ1) is 22.9. The molecular formula is C23H22N4O4S2. The number of thiazole rings is 1. The van der Waals surface area contributed by atoms with Crippen molar-refractivity contribution in [3.8, 4) is 22.4 Å². The monoisotopic (exact) mass is 482 g/mol. The standard InChI is InChI=1S/C23H22N4O4S2/c1-31-20-8-6-17(7-9-20)23-25-19(16-32-23)14-22(28)26-10-12-27(13-11-26)33(29,30)21-5-3-2-4-18(21)15-24/h2-9,16H,10-14H2,1H3. The van der Waals surface area contributed by atoms with Gasteiger partial charge < -0.3 is 9.64 Å². The fourth-order valence-corrected chi connectivity index (χ4v) is 6.01. The number of benzene rings is 2. The van der Waals surface area contributed by atoms with Gasteiger partial charge in [0.1, 0.15) is 16.8 Å². The van der Waals surface area contributed by atoms with E-state index in [1.165, 1.54) is 27.8 Å². The molecule has 0 saturated carbocycles. The highest BCUT2D eigenvalue weighted by Gasteiger charge is 2.31. The smallest absolute Gasteiger partial charge is 0.244 e. The lowest BCUT2D eigenvalue weighted by atomic mass is 10.2. The molecule has 0 radical (unpaired) electrons. The first-order valence-corrected chi connectivity index (χ1v) is 12.6. The normalized spacial score (nSPS) is 14.6. The molecule has 0 bridgehead atoms. The second kappa shape index (κ2) is 9.70. The molecule has 3 aromatic rings. The van der Waals surface area contributed by atoms with Crippen LogP contribution in [0.1, 0.15) is 11.3 Å². The Bertz CT molecular complexity index is 1290. The third-order valence-electron chi connectivity index (χ3n) is 5.44. The van der Waals surface area contributed by atoms with Gasteiger partial charge in [-0.25, -0.2) is 13.4 Å². The van der Waals surface area contributed by atoms with Crippen molar-refractivity contribution in [3.63, 3.8) is 0 Å². The number of aromatic nitrogens is 1. The number of hydrogen-bond donors (Lipinski definition) is 0. The lowest BCUT2D eigenvalue weighted by molar-refractivity contribution is -0.131. The lowest BCUT2D eigenvalue weighted by Gasteiger charge is -2.34. The summed E-state index contributed by atoms with van der Waals surface area (Å²) in [6.45, 7) is 0.953. The molecule has 1 aliphatic rings. The van der Waals surface area contributed by atoms with Crippen molar-refractivity contribution >= 4 is 27.3 Å². The minimum atomic E-state index is -3.79. The summed E-state index contributed by atoms with van der Waals surface area (Å²) in [6.07, 6.45) is 0.163. The zero-order valence-corrected chi connectivity index (χ0v) is 19.6. The summed E-state index contributed by atoms with van der Waals surface area (Å²) in [6, 6.07) is 15.7. The van der Waals surface area contributed by atoms with Gasteiger partial charge in [0.05, 0.1) is 29.7 Å².